The quantitative estimate of drug-likeness (QED) is 0.705. The van der Waals surface area contributed by atoms with Crippen molar-refractivity contribution >= 4 is 0 Å². The van der Waals surface area contributed by atoms with E-state index in [0.717, 1.165) is 11.8 Å². The van der Waals surface area contributed by atoms with E-state index in [1.165, 1.54) is 49.7 Å². The fourth-order valence-corrected chi connectivity index (χ4v) is 3.73. The van der Waals surface area contributed by atoms with Crippen LogP contribution < -0.4 is 5.73 Å². The Hall–Kier alpha value is -0.820. The summed E-state index contributed by atoms with van der Waals surface area (Å²) in [7, 11) is 0. The van der Waals surface area contributed by atoms with Gasteiger partial charge in [0, 0.05) is 6.04 Å². The highest BCUT2D eigenvalue weighted by atomic mass is 14.7. The van der Waals surface area contributed by atoms with Crippen molar-refractivity contribution in [1.29, 1.82) is 0 Å². The molecule has 0 aromatic heterocycles. The highest BCUT2D eigenvalue weighted by Crippen LogP contribution is 2.43. The van der Waals surface area contributed by atoms with Crippen molar-refractivity contribution in [3.8, 4) is 0 Å². The zero-order chi connectivity index (χ0) is 11.0. The molecule has 0 saturated heterocycles. The van der Waals surface area contributed by atoms with E-state index in [1.807, 2.05) is 0 Å². The van der Waals surface area contributed by atoms with Crippen LogP contribution in [-0.2, 0) is 6.42 Å². The number of hydrogen-bond donors (Lipinski definition) is 1. The Balaban J connectivity index is 1.96. The summed E-state index contributed by atoms with van der Waals surface area (Å²) in [4.78, 5) is 0. The van der Waals surface area contributed by atoms with E-state index in [1.54, 1.807) is 0 Å². The first-order valence-corrected chi connectivity index (χ1v) is 6.69. The molecule has 86 valence electrons. The molecule has 0 heterocycles. The van der Waals surface area contributed by atoms with Crippen molar-refractivity contribution in [3.05, 3.63) is 35.4 Å². The van der Waals surface area contributed by atoms with Gasteiger partial charge in [0.25, 0.3) is 0 Å². The van der Waals surface area contributed by atoms with Gasteiger partial charge in [0.2, 0.25) is 0 Å². The summed E-state index contributed by atoms with van der Waals surface area (Å²) >= 11 is 0. The molecular formula is C15H21N. The lowest BCUT2D eigenvalue weighted by atomic mass is 9.74. The van der Waals surface area contributed by atoms with Crippen LogP contribution in [0.3, 0.4) is 0 Å². The van der Waals surface area contributed by atoms with Crippen molar-refractivity contribution in [2.24, 2.45) is 17.6 Å². The number of fused-ring (bicyclic) bond motifs is 2. The van der Waals surface area contributed by atoms with Gasteiger partial charge in [0.15, 0.2) is 0 Å². The van der Waals surface area contributed by atoms with Crippen LogP contribution in [0.2, 0.25) is 0 Å². The molecule has 1 heteroatoms. The van der Waals surface area contributed by atoms with Gasteiger partial charge >= 0.3 is 0 Å². The van der Waals surface area contributed by atoms with Gasteiger partial charge in [0.05, 0.1) is 0 Å². The third kappa shape index (κ3) is 1.67. The lowest BCUT2D eigenvalue weighted by Crippen LogP contribution is -2.29. The Morgan fingerprint density at radius 1 is 1.00 bits per heavy atom. The molecule has 2 aliphatic carbocycles. The van der Waals surface area contributed by atoms with E-state index >= 15 is 0 Å². The van der Waals surface area contributed by atoms with Gasteiger partial charge in [-0.05, 0) is 42.2 Å². The SMILES string of the molecule is NC1c2ccccc2CCC2CCCCC21. The van der Waals surface area contributed by atoms with Crippen LogP contribution in [0.1, 0.15) is 49.3 Å². The van der Waals surface area contributed by atoms with E-state index in [-0.39, 0.29) is 0 Å². The van der Waals surface area contributed by atoms with Gasteiger partial charge < -0.3 is 5.73 Å². The number of aryl methyl sites for hydroxylation is 1. The molecule has 0 amide bonds. The van der Waals surface area contributed by atoms with Gasteiger partial charge in [-0.3, -0.25) is 0 Å². The summed E-state index contributed by atoms with van der Waals surface area (Å²) in [5.41, 5.74) is 9.43. The molecule has 16 heavy (non-hydrogen) atoms. The first-order valence-electron chi connectivity index (χ1n) is 6.69. The van der Waals surface area contributed by atoms with Crippen molar-refractivity contribution in [3.63, 3.8) is 0 Å². The molecule has 3 rings (SSSR count). The van der Waals surface area contributed by atoms with E-state index in [0.29, 0.717) is 6.04 Å². The largest absolute Gasteiger partial charge is 0.324 e. The van der Waals surface area contributed by atoms with Crippen LogP contribution in [0.15, 0.2) is 24.3 Å². The minimum absolute atomic E-state index is 0.295. The van der Waals surface area contributed by atoms with Gasteiger partial charge in [0.1, 0.15) is 0 Å². The summed E-state index contributed by atoms with van der Waals surface area (Å²) in [6.45, 7) is 0. The summed E-state index contributed by atoms with van der Waals surface area (Å²) in [5.74, 6) is 1.63. The predicted molar refractivity (Wildman–Crippen MR) is 67.1 cm³/mol. The van der Waals surface area contributed by atoms with Crippen molar-refractivity contribution < 1.29 is 0 Å². The second-order valence-corrected chi connectivity index (χ2v) is 5.47. The molecule has 3 unspecified atom stereocenters. The summed E-state index contributed by atoms with van der Waals surface area (Å²) in [6, 6.07) is 9.11. The maximum atomic E-state index is 6.50. The Morgan fingerprint density at radius 3 is 2.75 bits per heavy atom. The average molecular weight is 215 g/mol. The highest BCUT2D eigenvalue weighted by molar-refractivity contribution is 5.32. The lowest BCUT2D eigenvalue weighted by Gasteiger charge is -2.34. The fraction of sp³-hybridized carbons (Fsp3) is 0.600. The number of benzene rings is 1. The molecule has 1 saturated carbocycles. The topological polar surface area (TPSA) is 26.0 Å². The van der Waals surface area contributed by atoms with E-state index in [4.69, 9.17) is 5.73 Å². The fourth-order valence-electron chi connectivity index (χ4n) is 3.73. The molecule has 0 spiro atoms. The minimum Gasteiger partial charge on any atom is -0.324 e. The van der Waals surface area contributed by atoms with Gasteiger partial charge in [-0.1, -0.05) is 43.5 Å². The Bertz CT molecular complexity index is 371. The Morgan fingerprint density at radius 2 is 1.81 bits per heavy atom. The van der Waals surface area contributed by atoms with E-state index in [9.17, 15) is 0 Å². The normalized spacial score (nSPS) is 33.7. The smallest absolute Gasteiger partial charge is 0.0328 e. The van der Waals surface area contributed by atoms with Crippen molar-refractivity contribution in [1.82, 2.24) is 0 Å². The molecule has 0 radical (unpaired) electrons. The monoisotopic (exact) mass is 215 g/mol. The van der Waals surface area contributed by atoms with Crippen molar-refractivity contribution in [2.45, 2.75) is 44.6 Å². The van der Waals surface area contributed by atoms with Crippen LogP contribution in [0.5, 0.6) is 0 Å². The second-order valence-electron chi connectivity index (χ2n) is 5.47. The standard InChI is InChI=1S/C15H21N/c16-15-13-7-3-1-5-11(13)9-10-12-6-2-4-8-14(12)15/h1,3,5,7,12,14-15H,2,4,6,8-10,16H2. The summed E-state index contributed by atoms with van der Waals surface area (Å²) in [6.07, 6.45) is 8.16. The molecule has 1 aromatic rings. The average Bonchev–Trinajstić information content (AvgIpc) is 2.49. The third-order valence-electron chi connectivity index (χ3n) is 4.63. The molecule has 2 N–H and O–H groups in total. The van der Waals surface area contributed by atoms with Gasteiger partial charge in [-0.25, -0.2) is 0 Å². The Kier molecular flexibility index (Phi) is 2.72. The van der Waals surface area contributed by atoms with E-state index < -0.39 is 0 Å². The maximum absolute atomic E-state index is 6.50. The van der Waals surface area contributed by atoms with Gasteiger partial charge in [-0.15, -0.1) is 0 Å². The van der Waals surface area contributed by atoms with Crippen LogP contribution in [-0.4, -0.2) is 0 Å². The number of hydrogen-bond acceptors (Lipinski definition) is 1. The number of rotatable bonds is 0. The maximum Gasteiger partial charge on any atom is 0.0328 e. The minimum atomic E-state index is 0.295. The van der Waals surface area contributed by atoms with Crippen LogP contribution >= 0.6 is 0 Å². The molecule has 3 atom stereocenters. The van der Waals surface area contributed by atoms with Crippen LogP contribution in [0.4, 0.5) is 0 Å². The molecule has 1 nitrogen and oxygen atoms in total. The first kappa shape index (κ1) is 10.3. The van der Waals surface area contributed by atoms with Gasteiger partial charge in [-0.2, -0.15) is 0 Å². The third-order valence-corrected chi connectivity index (χ3v) is 4.63. The zero-order valence-electron chi connectivity index (χ0n) is 9.86. The molecule has 1 fully saturated rings. The summed E-state index contributed by atoms with van der Waals surface area (Å²) < 4.78 is 0. The molecule has 1 aromatic carbocycles. The predicted octanol–water partition coefficient (Wildman–Crippen LogP) is 3.44. The van der Waals surface area contributed by atoms with Crippen LogP contribution in [0.25, 0.3) is 0 Å². The Labute approximate surface area is 98.0 Å². The highest BCUT2D eigenvalue weighted by Gasteiger charge is 2.33. The second kappa shape index (κ2) is 4.21. The van der Waals surface area contributed by atoms with Crippen molar-refractivity contribution in [2.75, 3.05) is 0 Å². The summed E-state index contributed by atoms with van der Waals surface area (Å²) in [5, 5.41) is 0. The van der Waals surface area contributed by atoms with E-state index in [2.05, 4.69) is 24.3 Å². The molecule has 2 aliphatic rings. The first-order chi connectivity index (χ1) is 7.86. The molecule has 0 bridgehead atoms. The zero-order valence-corrected chi connectivity index (χ0v) is 9.86. The molecular weight excluding hydrogens is 194 g/mol. The lowest BCUT2D eigenvalue weighted by molar-refractivity contribution is 0.198. The number of nitrogens with two attached hydrogens (primary N) is 1. The van der Waals surface area contributed by atoms with Crippen LogP contribution in [0, 0.1) is 11.8 Å². The molecule has 0 aliphatic heterocycles.